The van der Waals surface area contributed by atoms with Crippen LogP contribution in [0.3, 0.4) is 0 Å². The molecule has 6 heteroatoms. The van der Waals surface area contributed by atoms with E-state index in [0.717, 1.165) is 25.0 Å². The molecule has 1 fully saturated rings. The molecule has 1 aromatic rings. The first-order valence-corrected chi connectivity index (χ1v) is 5.08. The molecule has 2 nitrogen and oxygen atoms in total. The Morgan fingerprint density at radius 2 is 1.88 bits per heavy atom. The molecule has 1 aromatic carbocycles. The molecule has 1 aliphatic carbocycles. The van der Waals surface area contributed by atoms with Crippen molar-refractivity contribution in [2.24, 2.45) is 5.73 Å². The first kappa shape index (κ1) is 12.2. The Kier molecular flexibility index (Phi) is 2.77. The van der Waals surface area contributed by atoms with Crippen LogP contribution in [0, 0.1) is 5.82 Å². The highest BCUT2D eigenvalue weighted by molar-refractivity contribution is 5.31. The Hall–Kier alpha value is -1.30. The summed E-state index contributed by atoms with van der Waals surface area (Å²) in [7, 11) is 0. The minimum atomic E-state index is -4.58. The number of benzene rings is 1. The highest BCUT2D eigenvalue weighted by Crippen LogP contribution is 2.35. The lowest BCUT2D eigenvalue weighted by Crippen LogP contribution is -2.29. The second-order valence-corrected chi connectivity index (χ2v) is 4.32. The zero-order valence-corrected chi connectivity index (χ0v) is 8.85. The third-order valence-electron chi connectivity index (χ3n) is 2.62. The number of nitrogens with two attached hydrogens (primary N) is 1. The highest BCUT2D eigenvalue weighted by Gasteiger charge is 2.39. The minimum Gasteiger partial charge on any atom is -0.492 e. The first-order valence-electron chi connectivity index (χ1n) is 5.08. The van der Waals surface area contributed by atoms with Crippen LogP contribution in [0.5, 0.6) is 5.75 Å². The molecular formula is C11H11F4NO. The Balaban J connectivity index is 2.14. The zero-order chi connectivity index (χ0) is 12.7. The molecule has 0 aromatic heterocycles. The van der Waals surface area contributed by atoms with E-state index in [1.807, 2.05) is 0 Å². The van der Waals surface area contributed by atoms with Crippen LogP contribution in [-0.4, -0.2) is 12.1 Å². The average molecular weight is 249 g/mol. The van der Waals surface area contributed by atoms with E-state index in [9.17, 15) is 17.6 Å². The fourth-order valence-electron chi connectivity index (χ4n) is 1.34. The summed E-state index contributed by atoms with van der Waals surface area (Å²) in [5, 5.41) is 0. The first-order chi connectivity index (χ1) is 7.78. The van der Waals surface area contributed by atoms with Crippen LogP contribution in [0.2, 0.25) is 0 Å². The maximum atomic E-state index is 13.0. The van der Waals surface area contributed by atoms with Gasteiger partial charge in [0.25, 0.3) is 0 Å². The summed E-state index contributed by atoms with van der Waals surface area (Å²) in [6.45, 7) is 0.105. The lowest BCUT2D eigenvalue weighted by atomic mass is 10.2. The predicted octanol–water partition coefficient (Wildman–Crippen LogP) is 2.71. The number of hydrogen-bond acceptors (Lipinski definition) is 2. The fraction of sp³-hybridized carbons (Fsp3) is 0.455. The quantitative estimate of drug-likeness (QED) is 0.836. The lowest BCUT2D eigenvalue weighted by Gasteiger charge is -2.13. The van der Waals surface area contributed by atoms with Gasteiger partial charge < -0.3 is 10.5 Å². The molecule has 0 heterocycles. The molecule has 0 unspecified atom stereocenters. The van der Waals surface area contributed by atoms with Gasteiger partial charge in [-0.3, -0.25) is 0 Å². The van der Waals surface area contributed by atoms with Gasteiger partial charge in [0.05, 0.1) is 11.1 Å². The third kappa shape index (κ3) is 3.09. The Bertz CT molecular complexity index is 426. The molecule has 17 heavy (non-hydrogen) atoms. The number of alkyl halides is 3. The SMILES string of the molecule is NC1(COc2cc(F)cc(C(F)(F)F)c2)CC1. The summed E-state index contributed by atoms with van der Waals surface area (Å²) < 4.78 is 55.2. The van der Waals surface area contributed by atoms with Crippen molar-refractivity contribution >= 4 is 0 Å². The molecule has 0 bridgehead atoms. The van der Waals surface area contributed by atoms with Crippen LogP contribution in [0.1, 0.15) is 18.4 Å². The smallest absolute Gasteiger partial charge is 0.416 e. The molecule has 1 aliphatic rings. The zero-order valence-electron chi connectivity index (χ0n) is 8.85. The van der Waals surface area contributed by atoms with Crippen LogP contribution in [-0.2, 0) is 6.18 Å². The van der Waals surface area contributed by atoms with Crippen molar-refractivity contribution in [3.8, 4) is 5.75 Å². The Morgan fingerprint density at radius 1 is 1.24 bits per heavy atom. The van der Waals surface area contributed by atoms with E-state index < -0.39 is 23.1 Å². The summed E-state index contributed by atoms with van der Waals surface area (Å²) in [5.41, 5.74) is 4.20. The van der Waals surface area contributed by atoms with E-state index in [4.69, 9.17) is 10.5 Å². The van der Waals surface area contributed by atoms with Gasteiger partial charge in [-0.15, -0.1) is 0 Å². The summed E-state index contributed by atoms with van der Waals surface area (Å²) in [5.74, 6) is -1.12. The van der Waals surface area contributed by atoms with Crippen LogP contribution in [0.4, 0.5) is 17.6 Å². The van der Waals surface area contributed by atoms with Crippen molar-refractivity contribution in [3.63, 3.8) is 0 Å². The highest BCUT2D eigenvalue weighted by atomic mass is 19.4. The fourth-order valence-corrected chi connectivity index (χ4v) is 1.34. The largest absolute Gasteiger partial charge is 0.492 e. The third-order valence-corrected chi connectivity index (χ3v) is 2.62. The second-order valence-electron chi connectivity index (χ2n) is 4.32. The van der Waals surface area contributed by atoms with Gasteiger partial charge in [0.1, 0.15) is 18.2 Å². The van der Waals surface area contributed by atoms with E-state index in [1.165, 1.54) is 0 Å². The van der Waals surface area contributed by atoms with Crippen molar-refractivity contribution < 1.29 is 22.3 Å². The number of hydrogen-bond donors (Lipinski definition) is 1. The van der Waals surface area contributed by atoms with Crippen molar-refractivity contribution in [3.05, 3.63) is 29.6 Å². The Labute approximate surface area is 95.4 Å². The molecule has 94 valence electrons. The van der Waals surface area contributed by atoms with Gasteiger partial charge in [-0.25, -0.2) is 4.39 Å². The number of rotatable bonds is 3. The van der Waals surface area contributed by atoms with Gasteiger partial charge in [0, 0.05) is 6.07 Å². The van der Waals surface area contributed by atoms with Gasteiger partial charge in [0.2, 0.25) is 0 Å². The van der Waals surface area contributed by atoms with Crippen molar-refractivity contribution in [1.82, 2.24) is 0 Å². The molecule has 0 saturated heterocycles. The van der Waals surface area contributed by atoms with Crippen molar-refractivity contribution in [2.45, 2.75) is 24.6 Å². The van der Waals surface area contributed by atoms with Gasteiger partial charge in [-0.05, 0) is 25.0 Å². The topological polar surface area (TPSA) is 35.2 Å². The molecule has 2 N–H and O–H groups in total. The van der Waals surface area contributed by atoms with Gasteiger partial charge in [-0.1, -0.05) is 0 Å². The predicted molar refractivity (Wildman–Crippen MR) is 53.0 cm³/mol. The lowest BCUT2D eigenvalue weighted by molar-refractivity contribution is -0.137. The molecule has 0 aliphatic heterocycles. The van der Waals surface area contributed by atoms with Crippen LogP contribution >= 0.6 is 0 Å². The van der Waals surface area contributed by atoms with Crippen molar-refractivity contribution in [1.29, 1.82) is 0 Å². The summed E-state index contributed by atoms with van der Waals surface area (Å²) in [4.78, 5) is 0. The monoisotopic (exact) mass is 249 g/mol. The standard InChI is InChI=1S/C11H11F4NO/c12-8-3-7(11(13,14)15)4-9(5-8)17-6-10(16)1-2-10/h3-5H,1-2,6,16H2. The second kappa shape index (κ2) is 3.87. The van der Waals surface area contributed by atoms with E-state index in [1.54, 1.807) is 0 Å². The Morgan fingerprint density at radius 3 is 2.41 bits per heavy atom. The maximum absolute atomic E-state index is 13.0. The molecular weight excluding hydrogens is 238 g/mol. The maximum Gasteiger partial charge on any atom is 0.416 e. The van der Waals surface area contributed by atoms with Crippen LogP contribution < -0.4 is 10.5 Å². The van der Waals surface area contributed by atoms with E-state index in [2.05, 4.69) is 0 Å². The van der Waals surface area contributed by atoms with E-state index in [-0.39, 0.29) is 12.4 Å². The van der Waals surface area contributed by atoms with Crippen LogP contribution in [0.15, 0.2) is 18.2 Å². The minimum absolute atomic E-state index is 0.105. The molecule has 2 rings (SSSR count). The summed E-state index contributed by atoms with van der Waals surface area (Å²) in [6, 6.07) is 2.12. The van der Waals surface area contributed by atoms with Gasteiger partial charge in [0.15, 0.2) is 0 Å². The van der Waals surface area contributed by atoms with E-state index in [0.29, 0.717) is 6.07 Å². The van der Waals surface area contributed by atoms with Crippen molar-refractivity contribution in [2.75, 3.05) is 6.61 Å². The number of halogens is 4. The normalized spacial score (nSPS) is 17.9. The summed E-state index contributed by atoms with van der Waals surface area (Å²) in [6.07, 6.45) is -3.04. The molecule has 0 spiro atoms. The molecule has 0 atom stereocenters. The van der Waals surface area contributed by atoms with E-state index >= 15 is 0 Å². The van der Waals surface area contributed by atoms with Crippen LogP contribution in [0.25, 0.3) is 0 Å². The van der Waals surface area contributed by atoms with Gasteiger partial charge >= 0.3 is 6.18 Å². The number of ether oxygens (including phenoxy) is 1. The summed E-state index contributed by atoms with van der Waals surface area (Å²) >= 11 is 0. The molecule has 0 radical (unpaired) electrons. The molecule has 1 saturated carbocycles. The average Bonchev–Trinajstić information content (AvgIpc) is 2.92. The van der Waals surface area contributed by atoms with Gasteiger partial charge in [-0.2, -0.15) is 13.2 Å². The molecule has 0 amide bonds.